The number of ether oxygens (including phenoxy) is 3. The summed E-state index contributed by atoms with van der Waals surface area (Å²) in [6.07, 6.45) is 4.96. The second kappa shape index (κ2) is 12.7. The van der Waals surface area contributed by atoms with Crippen LogP contribution in [0.3, 0.4) is 0 Å². The number of halogens is 1. The van der Waals surface area contributed by atoms with Gasteiger partial charge in [0.2, 0.25) is 0 Å². The topological polar surface area (TPSA) is 72.4 Å². The predicted molar refractivity (Wildman–Crippen MR) is 107 cm³/mol. The molecule has 0 amide bonds. The molecule has 1 N–H and O–H groups in total. The normalized spacial score (nSPS) is 20.1. The molecule has 0 aliphatic carbocycles. The summed E-state index contributed by atoms with van der Waals surface area (Å²) in [4.78, 5) is 18.1. The van der Waals surface area contributed by atoms with Gasteiger partial charge in [-0.2, -0.15) is 0 Å². The number of nitrogens with zero attached hydrogens (tertiary/aromatic N) is 2. The van der Waals surface area contributed by atoms with Crippen LogP contribution in [0.15, 0.2) is 4.99 Å². The van der Waals surface area contributed by atoms with E-state index in [1.807, 2.05) is 0 Å². The number of hydrogen-bond donors (Lipinski definition) is 1. The van der Waals surface area contributed by atoms with Crippen molar-refractivity contribution in [1.29, 1.82) is 0 Å². The number of carbonyl (C=O) groups excluding carboxylic acids is 1. The lowest BCUT2D eigenvalue weighted by Crippen LogP contribution is -2.47. The van der Waals surface area contributed by atoms with Gasteiger partial charge < -0.3 is 24.4 Å². The molecule has 2 fully saturated rings. The van der Waals surface area contributed by atoms with E-state index in [2.05, 4.69) is 15.2 Å². The van der Waals surface area contributed by atoms with E-state index < -0.39 is 0 Å². The largest absolute Gasteiger partial charge is 0.469 e. The quantitative estimate of drug-likeness (QED) is 0.210. The van der Waals surface area contributed by atoms with Gasteiger partial charge in [0, 0.05) is 46.5 Å². The van der Waals surface area contributed by atoms with Gasteiger partial charge in [0.1, 0.15) is 0 Å². The van der Waals surface area contributed by atoms with Crippen molar-refractivity contribution in [3.8, 4) is 0 Å². The molecule has 0 aromatic carbocycles. The monoisotopic (exact) mass is 469 g/mol. The van der Waals surface area contributed by atoms with Crippen LogP contribution in [0.2, 0.25) is 0 Å². The van der Waals surface area contributed by atoms with Crippen molar-refractivity contribution in [2.45, 2.75) is 38.2 Å². The summed E-state index contributed by atoms with van der Waals surface area (Å²) in [5, 5.41) is 3.39. The fourth-order valence-corrected chi connectivity index (χ4v) is 3.19. The molecule has 0 bridgehead atoms. The number of piperidine rings is 1. The lowest BCUT2D eigenvalue weighted by atomic mass is 9.97. The molecule has 2 aliphatic heterocycles. The predicted octanol–water partition coefficient (Wildman–Crippen LogP) is 1.65. The van der Waals surface area contributed by atoms with Gasteiger partial charge in [0.15, 0.2) is 5.96 Å². The van der Waals surface area contributed by atoms with Gasteiger partial charge in [-0.05, 0) is 32.1 Å². The van der Waals surface area contributed by atoms with Gasteiger partial charge >= 0.3 is 5.97 Å². The van der Waals surface area contributed by atoms with Crippen LogP contribution in [0.4, 0.5) is 0 Å². The summed E-state index contributed by atoms with van der Waals surface area (Å²) in [7, 11) is 3.25. The van der Waals surface area contributed by atoms with Crippen molar-refractivity contribution in [1.82, 2.24) is 10.2 Å². The highest BCUT2D eigenvalue weighted by atomic mass is 127. The zero-order valence-electron chi connectivity index (χ0n) is 15.4. The zero-order valence-corrected chi connectivity index (χ0v) is 17.7. The number of guanidine groups is 1. The van der Waals surface area contributed by atoms with E-state index in [9.17, 15) is 4.79 Å². The Bertz CT molecular complexity index is 409. The molecule has 0 spiro atoms. The fourth-order valence-electron chi connectivity index (χ4n) is 3.19. The molecular weight excluding hydrogens is 437 g/mol. The molecule has 0 aromatic rings. The Labute approximate surface area is 167 Å². The molecule has 0 saturated carbocycles. The Hall–Kier alpha value is -0.610. The third kappa shape index (κ3) is 7.65. The van der Waals surface area contributed by atoms with E-state index in [4.69, 9.17) is 14.2 Å². The van der Waals surface area contributed by atoms with E-state index in [0.29, 0.717) is 6.10 Å². The van der Waals surface area contributed by atoms with Gasteiger partial charge in [0.05, 0.1) is 19.1 Å². The molecular formula is C17H32IN3O4. The van der Waals surface area contributed by atoms with Gasteiger partial charge in [-0.25, -0.2) is 0 Å². The van der Waals surface area contributed by atoms with Crippen LogP contribution >= 0.6 is 24.0 Å². The maximum absolute atomic E-state index is 11.6. The van der Waals surface area contributed by atoms with Crippen LogP contribution < -0.4 is 5.32 Å². The first kappa shape index (κ1) is 22.4. The van der Waals surface area contributed by atoms with E-state index in [1.165, 1.54) is 7.11 Å². The molecule has 8 heteroatoms. The molecule has 0 atom stereocenters. The molecule has 0 unspecified atom stereocenters. The summed E-state index contributed by atoms with van der Waals surface area (Å²) >= 11 is 0. The van der Waals surface area contributed by atoms with Crippen LogP contribution in [0, 0.1) is 5.92 Å². The number of methoxy groups -OCH3 is 1. The molecule has 146 valence electrons. The lowest BCUT2D eigenvalue weighted by molar-refractivity contribution is -0.146. The molecule has 0 radical (unpaired) electrons. The Morgan fingerprint density at radius 1 is 1.24 bits per heavy atom. The van der Waals surface area contributed by atoms with E-state index in [-0.39, 0.29) is 35.9 Å². The maximum atomic E-state index is 11.6. The minimum atomic E-state index is -0.0946. The molecule has 0 aromatic heterocycles. The second-order valence-electron chi connectivity index (χ2n) is 6.29. The highest BCUT2D eigenvalue weighted by Gasteiger charge is 2.26. The Kier molecular flexibility index (Phi) is 11.4. The highest BCUT2D eigenvalue weighted by Crippen LogP contribution is 2.18. The maximum Gasteiger partial charge on any atom is 0.308 e. The summed E-state index contributed by atoms with van der Waals surface area (Å²) in [6, 6.07) is 0. The number of hydrogen-bond acceptors (Lipinski definition) is 5. The molecule has 2 heterocycles. The first-order valence-electron chi connectivity index (χ1n) is 8.97. The van der Waals surface area contributed by atoms with Crippen molar-refractivity contribution in [3.63, 3.8) is 0 Å². The summed E-state index contributed by atoms with van der Waals surface area (Å²) in [5.41, 5.74) is 0. The number of likely N-dealkylation sites (tertiary alicyclic amines) is 1. The summed E-state index contributed by atoms with van der Waals surface area (Å²) in [5.74, 6) is 0.837. The third-order valence-corrected chi connectivity index (χ3v) is 4.67. The average Bonchev–Trinajstić information content (AvgIpc) is 2.65. The standard InChI is InChI=1S/C17H31N3O4.HI/c1-18-17(20-9-4-14(5-10-20)16(21)22-2)19-8-3-11-24-15-6-12-23-13-7-15;/h14-15H,3-13H2,1-2H3,(H,18,19);1H. The number of nitrogens with one attached hydrogen (secondary N) is 1. The molecule has 7 nitrogen and oxygen atoms in total. The van der Waals surface area contributed by atoms with Crippen LogP contribution in [0.1, 0.15) is 32.1 Å². The van der Waals surface area contributed by atoms with Crippen LogP contribution in [-0.2, 0) is 19.0 Å². The first-order chi connectivity index (χ1) is 11.7. The molecule has 2 saturated heterocycles. The SMILES string of the molecule is CN=C(NCCCOC1CCOCC1)N1CCC(C(=O)OC)CC1.I. The number of carbonyl (C=O) groups is 1. The van der Waals surface area contributed by atoms with Gasteiger partial charge in [-0.3, -0.25) is 9.79 Å². The Balaban J connectivity index is 0.00000312. The van der Waals surface area contributed by atoms with Crippen molar-refractivity contribution in [2.75, 3.05) is 53.6 Å². The zero-order chi connectivity index (χ0) is 17.2. The Morgan fingerprint density at radius 3 is 2.52 bits per heavy atom. The van der Waals surface area contributed by atoms with Gasteiger partial charge in [-0.15, -0.1) is 24.0 Å². The molecule has 2 aliphatic rings. The second-order valence-corrected chi connectivity index (χ2v) is 6.29. The number of aliphatic imine (C=N–C) groups is 1. The number of esters is 1. The highest BCUT2D eigenvalue weighted by molar-refractivity contribution is 14.0. The van der Waals surface area contributed by atoms with Crippen LogP contribution in [0.25, 0.3) is 0 Å². The Morgan fingerprint density at radius 2 is 1.92 bits per heavy atom. The summed E-state index contributed by atoms with van der Waals surface area (Å²) in [6.45, 7) is 4.90. The van der Waals surface area contributed by atoms with Crippen molar-refractivity contribution >= 4 is 35.9 Å². The number of rotatable bonds is 6. The van der Waals surface area contributed by atoms with Crippen LogP contribution in [0.5, 0.6) is 0 Å². The van der Waals surface area contributed by atoms with Crippen LogP contribution in [-0.4, -0.2) is 76.5 Å². The van der Waals surface area contributed by atoms with Crippen molar-refractivity contribution in [2.24, 2.45) is 10.9 Å². The van der Waals surface area contributed by atoms with E-state index in [1.54, 1.807) is 7.05 Å². The summed E-state index contributed by atoms with van der Waals surface area (Å²) < 4.78 is 16.0. The average molecular weight is 469 g/mol. The van der Waals surface area contributed by atoms with Gasteiger partial charge in [-0.1, -0.05) is 0 Å². The smallest absolute Gasteiger partial charge is 0.308 e. The third-order valence-electron chi connectivity index (χ3n) is 4.67. The molecule has 2 rings (SSSR count). The fraction of sp³-hybridized carbons (Fsp3) is 0.882. The molecule has 25 heavy (non-hydrogen) atoms. The van der Waals surface area contributed by atoms with E-state index in [0.717, 1.165) is 77.5 Å². The first-order valence-corrected chi connectivity index (χ1v) is 8.97. The van der Waals surface area contributed by atoms with Crippen molar-refractivity contribution in [3.05, 3.63) is 0 Å². The van der Waals surface area contributed by atoms with E-state index >= 15 is 0 Å². The lowest BCUT2D eigenvalue weighted by Gasteiger charge is -2.33. The van der Waals surface area contributed by atoms with Gasteiger partial charge in [0.25, 0.3) is 0 Å². The minimum Gasteiger partial charge on any atom is -0.469 e. The van der Waals surface area contributed by atoms with Crippen molar-refractivity contribution < 1.29 is 19.0 Å². The minimum absolute atomic E-state index is 0.